The zero-order chi connectivity index (χ0) is 12.8. The predicted molar refractivity (Wildman–Crippen MR) is 65.0 cm³/mol. The summed E-state index contributed by atoms with van der Waals surface area (Å²) in [5.74, 6) is 0.189. The summed E-state index contributed by atoms with van der Waals surface area (Å²) in [5, 5.41) is 0.297. The molecule has 1 aromatic rings. The van der Waals surface area contributed by atoms with Crippen molar-refractivity contribution in [2.45, 2.75) is 26.4 Å². The van der Waals surface area contributed by atoms with Crippen molar-refractivity contribution in [2.24, 2.45) is 0 Å². The number of rotatable bonds is 6. The van der Waals surface area contributed by atoms with Crippen LogP contribution in [0.3, 0.4) is 0 Å². The molecule has 0 atom stereocenters. The highest BCUT2D eigenvalue weighted by molar-refractivity contribution is 9.09. The van der Waals surface area contributed by atoms with Crippen LogP contribution in [0.4, 0.5) is 8.78 Å². The second-order valence-corrected chi connectivity index (χ2v) is 4.07. The van der Waals surface area contributed by atoms with E-state index in [1.807, 2.05) is 6.92 Å². The first-order valence-electron chi connectivity index (χ1n) is 5.21. The Hall–Kier alpha value is -0.970. The molecule has 1 rings (SSSR count). The van der Waals surface area contributed by atoms with Crippen molar-refractivity contribution in [1.82, 2.24) is 0 Å². The molecule has 1 aromatic carbocycles. The molecule has 94 valence electrons. The van der Waals surface area contributed by atoms with Gasteiger partial charge in [0.2, 0.25) is 0 Å². The van der Waals surface area contributed by atoms with Crippen molar-refractivity contribution in [1.29, 1.82) is 0 Å². The van der Waals surface area contributed by atoms with Crippen LogP contribution in [0.5, 0.6) is 5.75 Å². The summed E-state index contributed by atoms with van der Waals surface area (Å²) in [6.45, 7) is -0.918. The van der Waals surface area contributed by atoms with Crippen LogP contribution in [0.25, 0.3) is 0 Å². The maximum Gasteiger partial charge on any atom is 0.387 e. The van der Waals surface area contributed by atoms with Gasteiger partial charge in [0.05, 0.1) is 5.33 Å². The van der Waals surface area contributed by atoms with Gasteiger partial charge in [-0.3, -0.25) is 4.79 Å². The van der Waals surface area contributed by atoms with E-state index in [4.69, 9.17) is 0 Å². The number of alkyl halides is 3. The average molecular weight is 307 g/mol. The maximum absolute atomic E-state index is 12.0. The zero-order valence-corrected chi connectivity index (χ0v) is 11.0. The Labute approximate surface area is 107 Å². The molecule has 0 saturated carbocycles. The van der Waals surface area contributed by atoms with Gasteiger partial charge in [-0.2, -0.15) is 8.78 Å². The first-order chi connectivity index (χ1) is 8.06. The summed E-state index contributed by atoms with van der Waals surface area (Å²) in [7, 11) is 0. The zero-order valence-electron chi connectivity index (χ0n) is 9.38. The molecule has 0 fully saturated rings. The third-order valence-electron chi connectivity index (χ3n) is 2.32. The fourth-order valence-corrected chi connectivity index (χ4v) is 1.74. The highest BCUT2D eigenvalue weighted by atomic mass is 79.9. The molecule has 2 nitrogen and oxygen atoms in total. The summed E-state index contributed by atoms with van der Waals surface area (Å²) in [6, 6.07) is 4.68. The number of Topliss-reactive ketones (excluding diaryl/α,β-unsaturated/α-hetero) is 1. The van der Waals surface area contributed by atoms with Crippen molar-refractivity contribution < 1.29 is 18.3 Å². The molecule has 0 aliphatic heterocycles. The molecular formula is C12H13BrF2O2. The Balaban J connectivity index is 2.89. The largest absolute Gasteiger partial charge is 0.435 e. The van der Waals surface area contributed by atoms with Crippen molar-refractivity contribution in [3.63, 3.8) is 0 Å². The van der Waals surface area contributed by atoms with Crippen molar-refractivity contribution in [3.8, 4) is 5.75 Å². The van der Waals surface area contributed by atoms with Gasteiger partial charge >= 0.3 is 6.61 Å². The van der Waals surface area contributed by atoms with Crippen LogP contribution in [0.15, 0.2) is 18.2 Å². The second-order valence-electron chi connectivity index (χ2n) is 3.51. The van der Waals surface area contributed by atoms with E-state index in [2.05, 4.69) is 20.7 Å². The van der Waals surface area contributed by atoms with Crippen LogP contribution >= 0.6 is 15.9 Å². The van der Waals surface area contributed by atoms with E-state index in [0.29, 0.717) is 18.2 Å². The molecule has 0 N–H and O–H groups in total. The molecule has 0 aliphatic rings. The van der Waals surface area contributed by atoms with Crippen LogP contribution in [0.2, 0.25) is 0 Å². The lowest BCUT2D eigenvalue weighted by Gasteiger charge is -2.10. The number of hydrogen-bond donors (Lipinski definition) is 0. The molecule has 0 spiro atoms. The number of carbonyl (C=O) groups is 1. The molecule has 0 saturated heterocycles. The van der Waals surface area contributed by atoms with Gasteiger partial charge in [-0.1, -0.05) is 28.9 Å². The normalized spacial score (nSPS) is 10.6. The molecule has 17 heavy (non-hydrogen) atoms. The number of benzene rings is 1. The lowest BCUT2D eigenvalue weighted by Crippen LogP contribution is -2.07. The van der Waals surface area contributed by atoms with Gasteiger partial charge in [0.15, 0.2) is 0 Å². The third-order valence-corrected chi connectivity index (χ3v) is 2.95. The Bertz CT molecular complexity index is 394. The molecule has 0 bridgehead atoms. The van der Waals surface area contributed by atoms with Crippen LogP contribution in [0.1, 0.15) is 18.1 Å². The molecule has 5 heteroatoms. The fraction of sp³-hybridized carbons (Fsp3) is 0.417. The van der Waals surface area contributed by atoms with Crippen molar-refractivity contribution >= 4 is 21.7 Å². The molecular weight excluding hydrogens is 294 g/mol. The van der Waals surface area contributed by atoms with Gasteiger partial charge in [-0.05, 0) is 29.7 Å². The average Bonchev–Trinajstić information content (AvgIpc) is 2.30. The Morgan fingerprint density at radius 1 is 1.41 bits per heavy atom. The monoisotopic (exact) mass is 306 g/mol. The number of ketones is 1. The highest BCUT2D eigenvalue weighted by Gasteiger charge is 2.10. The van der Waals surface area contributed by atoms with Crippen LogP contribution < -0.4 is 4.74 Å². The standard InChI is InChI=1S/C12H13BrF2O2/c1-2-8-6-11(17-12(14)15)4-3-9(8)5-10(16)7-13/h3-4,6,12H,2,5,7H2,1H3. The van der Waals surface area contributed by atoms with E-state index in [-0.39, 0.29) is 11.5 Å². The minimum atomic E-state index is -2.82. The number of halogens is 3. The van der Waals surface area contributed by atoms with Crippen LogP contribution in [0, 0.1) is 0 Å². The number of carbonyl (C=O) groups excluding carboxylic acids is 1. The van der Waals surface area contributed by atoms with Gasteiger partial charge < -0.3 is 4.74 Å². The minimum Gasteiger partial charge on any atom is -0.435 e. The summed E-state index contributed by atoms with van der Waals surface area (Å²) >= 11 is 3.09. The molecule has 0 aromatic heterocycles. The molecule has 0 heterocycles. The summed E-state index contributed by atoms with van der Waals surface area (Å²) < 4.78 is 28.4. The Kier molecular flexibility index (Phi) is 5.55. The van der Waals surface area contributed by atoms with Gasteiger partial charge in [0.25, 0.3) is 0 Å². The van der Waals surface area contributed by atoms with Gasteiger partial charge in [-0.15, -0.1) is 0 Å². The molecule has 0 amide bonds. The van der Waals surface area contributed by atoms with Gasteiger partial charge in [0, 0.05) is 6.42 Å². The van der Waals surface area contributed by atoms with Gasteiger partial charge in [-0.25, -0.2) is 0 Å². The van der Waals surface area contributed by atoms with E-state index in [1.165, 1.54) is 6.07 Å². The van der Waals surface area contributed by atoms with E-state index < -0.39 is 6.61 Å². The number of hydrogen-bond acceptors (Lipinski definition) is 2. The number of ether oxygens (including phenoxy) is 1. The molecule has 0 aliphatic carbocycles. The molecule has 0 unspecified atom stereocenters. The maximum atomic E-state index is 12.0. The van der Waals surface area contributed by atoms with Crippen molar-refractivity contribution in [3.05, 3.63) is 29.3 Å². The minimum absolute atomic E-state index is 0.0576. The smallest absolute Gasteiger partial charge is 0.387 e. The topological polar surface area (TPSA) is 26.3 Å². The third kappa shape index (κ3) is 4.42. The highest BCUT2D eigenvalue weighted by Crippen LogP contribution is 2.21. The fourth-order valence-electron chi connectivity index (χ4n) is 1.54. The summed E-state index contributed by atoms with van der Waals surface area (Å²) in [6.07, 6.45) is 0.981. The van der Waals surface area contributed by atoms with Gasteiger partial charge in [0.1, 0.15) is 11.5 Å². The lowest BCUT2D eigenvalue weighted by molar-refractivity contribution is -0.115. The van der Waals surface area contributed by atoms with E-state index in [0.717, 1.165) is 11.1 Å². The Morgan fingerprint density at radius 3 is 2.65 bits per heavy atom. The first kappa shape index (κ1) is 14.1. The molecule has 0 radical (unpaired) electrons. The van der Waals surface area contributed by atoms with E-state index in [9.17, 15) is 13.6 Å². The summed E-state index contributed by atoms with van der Waals surface area (Å²) in [5.41, 5.74) is 1.72. The SMILES string of the molecule is CCc1cc(OC(F)F)ccc1CC(=O)CBr. The van der Waals surface area contributed by atoms with E-state index >= 15 is 0 Å². The predicted octanol–water partition coefficient (Wildman–Crippen LogP) is 3.36. The van der Waals surface area contributed by atoms with Crippen LogP contribution in [-0.2, 0) is 17.6 Å². The van der Waals surface area contributed by atoms with Crippen molar-refractivity contribution in [2.75, 3.05) is 5.33 Å². The number of aryl methyl sites for hydroxylation is 1. The summed E-state index contributed by atoms with van der Waals surface area (Å²) in [4.78, 5) is 11.3. The lowest BCUT2D eigenvalue weighted by atomic mass is 10.0. The van der Waals surface area contributed by atoms with E-state index in [1.54, 1.807) is 12.1 Å². The quantitative estimate of drug-likeness (QED) is 0.753. The Morgan fingerprint density at radius 2 is 2.12 bits per heavy atom. The first-order valence-corrected chi connectivity index (χ1v) is 6.33. The second kappa shape index (κ2) is 6.69. The van der Waals surface area contributed by atoms with Crippen LogP contribution in [-0.4, -0.2) is 17.7 Å².